The molecule has 7 heteroatoms. The van der Waals surface area contributed by atoms with Gasteiger partial charge in [0, 0.05) is 4.47 Å². The molecule has 0 atom stereocenters. The summed E-state index contributed by atoms with van der Waals surface area (Å²) >= 11 is 3.36. The van der Waals surface area contributed by atoms with Gasteiger partial charge in [-0.05, 0) is 30.7 Å². The van der Waals surface area contributed by atoms with Crippen LogP contribution in [0.3, 0.4) is 0 Å². The fraction of sp³-hybridized carbons (Fsp3) is 0.100. The van der Waals surface area contributed by atoms with Crippen molar-refractivity contribution in [3.05, 3.63) is 40.7 Å². The van der Waals surface area contributed by atoms with Crippen molar-refractivity contribution in [2.24, 2.45) is 10.8 Å². The molecule has 0 aliphatic rings. The molecule has 0 aliphatic carbocycles. The van der Waals surface area contributed by atoms with E-state index in [0.717, 1.165) is 15.8 Å². The Bertz CT molecular complexity index is 434. The zero-order valence-electron chi connectivity index (χ0n) is 9.14. The molecule has 0 amide bonds. The van der Waals surface area contributed by atoms with Gasteiger partial charge in [0.25, 0.3) is 0 Å². The number of benzene rings is 1. The summed E-state index contributed by atoms with van der Waals surface area (Å²) in [4.78, 5) is 0. The van der Waals surface area contributed by atoms with E-state index in [1.165, 1.54) is 12.5 Å². The number of hydrogen-bond donors (Lipinski definition) is 4. The second-order valence-electron chi connectivity index (χ2n) is 3.07. The van der Waals surface area contributed by atoms with Crippen LogP contribution in [0.25, 0.3) is 0 Å². The molecule has 0 fully saturated rings. The molecule has 0 spiro atoms. The number of halogens is 1. The standard InChI is InChI=1S/C10H13BrN4O2/c1-7-6-8(11)2-3-9(7)17-5-4-13-14-10(12)15-16/h2-6,13,16H,1H3,(H3,12,14,15)/b5-4+. The first-order valence-corrected chi connectivity index (χ1v) is 5.49. The maximum atomic E-state index is 8.33. The first-order valence-electron chi connectivity index (χ1n) is 4.70. The zero-order valence-corrected chi connectivity index (χ0v) is 10.7. The fourth-order valence-corrected chi connectivity index (χ4v) is 1.49. The molecule has 0 unspecified atom stereocenters. The van der Waals surface area contributed by atoms with E-state index in [1.807, 2.05) is 25.1 Å². The third-order valence-electron chi connectivity index (χ3n) is 1.77. The highest BCUT2D eigenvalue weighted by molar-refractivity contribution is 9.10. The van der Waals surface area contributed by atoms with E-state index < -0.39 is 0 Å². The van der Waals surface area contributed by atoms with Crippen molar-refractivity contribution in [1.29, 1.82) is 0 Å². The summed E-state index contributed by atoms with van der Waals surface area (Å²) in [5.41, 5.74) is 10.3. The molecule has 17 heavy (non-hydrogen) atoms. The van der Waals surface area contributed by atoms with Gasteiger partial charge < -0.3 is 10.5 Å². The van der Waals surface area contributed by atoms with Crippen LogP contribution in [0.2, 0.25) is 0 Å². The van der Waals surface area contributed by atoms with E-state index in [9.17, 15) is 0 Å². The maximum absolute atomic E-state index is 8.33. The predicted octanol–water partition coefficient (Wildman–Crippen LogP) is 1.41. The van der Waals surface area contributed by atoms with Crippen molar-refractivity contribution >= 4 is 21.9 Å². The van der Waals surface area contributed by atoms with E-state index in [0.29, 0.717) is 0 Å². The van der Waals surface area contributed by atoms with Gasteiger partial charge >= 0.3 is 0 Å². The lowest BCUT2D eigenvalue weighted by Crippen LogP contribution is -2.29. The van der Waals surface area contributed by atoms with Gasteiger partial charge in [0.05, 0.1) is 6.20 Å². The monoisotopic (exact) mass is 300 g/mol. The molecule has 0 saturated carbocycles. The quantitative estimate of drug-likeness (QED) is 0.292. The number of hydroxylamine groups is 1. The number of rotatable bonds is 4. The number of ether oxygens (including phenoxy) is 1. The van der Waals surface area contributed by atoms with Crippen molar-refractivity contribution < 1.29 is 9.94 Å². The van der Waals surface area contributed by atoms with Gasteiger partial charge in [-0.2, -0.15) is 0 Å². The molecular weight excluding hydrogens is 288 g/mol. The van der Waals surface area contributed by atoms with Crippen LogP contribution < -0.4 is 21.4 Å². The smallest absolute Gasteiger partial charge is 0.235 e. The van der Waals surface area contributed by atoms with Crippen LogP contribution in [-0.4, -0.2) is 11.2 Å². The minimum atomic E-state index is -0.144. The van der Waals surface area contributed by atoms with Crippen LogP contribution in [0.15, 0.2) is 40.2 Å². The molecule has 0 saturated heterocycles. The molecule has 1 aromatic rings. The van der Waals surface area contributed by atoms with Crippen LogP contribution in [-0.2, 0) is 0 Å². The van der Waals surface area contributed by atoms with Crippen LogP contribution in [0, 0.1) is 6.92 Å². The summed E-state index contributed by atoms with van der Waals surface area (Å²) in [6.07, 6.45) is 2.86. The number of hydrogen-bond acceptors (Lipinski definition) is 4. The summed E-state index contributed by atoms with van der Waals surface area (Å²) < 4.78 is 6.35. The molecule has 5 N–H and O–H groups in total. The Morgan fingerprint density at radius 2 is 2.35 bits per heavy atom. The van der Waals surface area contributed by atoms with Crippen molar-refractivity contribution in [2.45, 2.75) is 6.92 Å². The number of nitrogens with one attached hydrogen (secondary N) is 2. The molecule has 1 aromatic carbocycles. The molecule has 92 valence electrons. The Hall–Kier alpha value is -1.73. The lowest BCUT2D eigenvalue weighted by molar-refractivity contribution is 0.232. The average molecular weight is 301 g/mol. The van der Waals surface area contributed by atoms with Gasteiger partial charge in [-0.25, -0.2) is 5.48 Å². The van der Waals surface area contributed by atoms with Gasteiger partial charge in [0.2, 0.25) is 5.96 Å². The molecule has 1 rings (SSSR count). The number of guanidine groups is 1. The van der Waals surface area contributed by atoms with E-state index >= 15 is 0 Å². The zero-order chi connectivity index (χ0) is 12.7. The van der Waals surface area contributed by atoms with E-state index in [2.05, 4.69) is 26.5 Å². The second-order valence-corrected chi connectivity index (χ2v) is 3.98. The topological polar surface area (TPSA) is 91.9 Å². The van der Waals surface area contributed by atoms with E-state index in [4.69, 9.17) is 15.7 Å². The summed E-state index contributed by atoms with van der Waals surface area (Å²) in [5, 5.41) is 11.8. The average Bonchev–Trinajstić information content (AvgIpc) is 2.30. The highest BCUT2D eigenvalue weighted by Gasteiger charge is 1.97. The van der Waals surface area contributed by atoms with Gasteiger partial charge in [-0.15, -0.1) is 5.10 Å². The molecule has 6 nitrogen and oxygen atoms in total. The highest BCUT2D eigenvalue weighted by Crippen LogP contribution is 2.22. The van der Waals surface area contributed by atoms with Gasteiger partial charge in [-0.3, -0.25) is 10.6 Å². The van der Waals surface area contributed by atoms with Crippen molar-refractivity contribution in [1.82, 2.24) is 10.9 Å². The number of nitrogens with zero attached hydrogens (tertiary/aromatic N) is 1. The van der Waals surface area contributed by atoms with Gasteiger partial charge in [-0.1, -0.05) is 15.9 Å². The van der Waals surface area contributed by atoms with E-state index in [1.54, 1.807) is 5.48 Å². The van der Waals surface area contributed by atoms with Crippen LogP contribution in [0.4, 0.5) is 0 Å². The Balaban J connectivity index is 2.48. The van der Waals surface area contributed by atoms with Crippen molar-refractivity contribution in [3.63, 3.8) is 0 Å². The van der Waals surface area contributed by atoms with Crippen LogP contribution in [0.1, 0.15) is 5.56 Å². The normalized spacial score (nSPS) is 11.6. The minimum Gasteiger partial charge on any atom is -0.463 e. The molecule has 0 heterocycles. The minimum absolute atomic E-state index is 0.144. The third-order valence-corrected chi connectivity index (χ3v) is 2.27. The molecular formula is C10H13BrN4O2. The summed E-state index contributed by atoms with van der Waals surface area (Å²) in [6, 6.07) is 5.68. The summed E-state index contributed by atoms with van der Waals surface area (Å²) in [5.74, 6) is 0.595. The first-order chi connectivity index (χ1) is 8.13. The number of aryl methyl sites for hydroxylation is 1. The molecule has 0 radical (unpaired) electrons. The lowest BCUT2D eigenvalue weighted by Gasteiger charge is -2.04. The predicted molar refractivity (Wildman–Crippen MR) is 68.3 cm³/mol. The van der Waals surface area contributed by atoms with E-state index in [-0.39, 0.29) is 5.96 Å². The SMILES string of the molecule is Cc1cc(Br)ccc1O/C=C/NN=C(N)NO. The summed E-state index contributed by atoms with van der Waals surface area (Å²) in [6.45, 7) is 1.94. The highest BCUT2D eigenvalue weighted by atomic mass is 79.9. The van der Waals surface area contributed by atoms with Gasteiger partial charge in [0.15, 0.2) is 0 Å². The Morgan fingerprint density at radius 1 is 1.59 bits per heavy atom. The molecule has 0 bridgehead atoms. The third kappa shape index (κ3) is 4.75. The van der Waals surface area contributed by atoms with Crippen molar-refractivity contribution in [3.8, 4) is 5.75 Å². The molecule has 0 aliphatic heterocycles. The number of nitrogens with two attached hydrogens (primary N) is 1. The largest absolute Gasteiger partial charge is 0.463 e. The Kier molecular flexibility index (Phi) is 5.31. The van der Waals surface area contributed by atoms with Crippen LogP contribution >= 0.6 is 15.9 Å². The van der Waals surface area contributed by atoms with Gasteiger partial charge in [0.1, 0.15) is 12.0 Å². The second kappa shape index (κ2) is 6.77. The maximum Gasteiger partial charge on any atom is 0.235 e. The molecule has 0 aromatic heterocycles. The lowest BCUT2D eigenvalue weighted by atomic mass is 10.2. The Morgan fingerprint density at radius 3 is 3.00 bits per heavy atom. The number of hydrazone groups is 1. The fourth-order valence-electron chi connectivity index (χ4n) is 1.01. The van der Waals surface area contributed by atoms with Crippen LogP contribution in [0.5, 0.6) is 5.75 Å². The summed E-state index contributed by atoms with van der Waals surface area (Å²) in [7, 11) is 0. The Labute approximate surface area is 107 Å². The van der Waals surface area contributed by atoms with Crippen molar-refractivity contribution in [2.75, 3.05) is 0 Å². The first kappa shape index (κ1) is 13.3.